The third-order valence-corrected chi connectivity index (χ3v) is 2.35. The van der Waals surface area contributed by atoms with Gasteiger partial charge in [-0.15, -0.1) is 0 Å². The molecule has 0 N–H and O–H groups in total. The van der Waals surface area contributed by atoms with Gasteiger partial charge in [-0.2, -0.15) is 0 Å². The Kier molecular flexibility index (Phi) is 7.91. The summed E-state index contributed by atoms with van der Waals surface area (Å²) in [6, 6.07) is 0. The number of rotatable bonds is 7. The summed E-state index contributed by atoms with van der Waals surface area (Å²) in [6.07, 6.45) is 4.10. The van der Waals surface area contributed by atoms with E-state index in [0.717, 1.165) is 38.8 Å². The monoisotopic (exact) mass is 203 g/mol. The van der Waals surface area contributed by atoms with E-state index in [9.17, 15) is 9.36 Å². The molecule has 0 fully saturated rings. The Balaban J connectivity index is 3.86. The van der Waals surface area contributed by atoms with Gasteiger partial charge in [0, 0.05) is 13.1 Å². The molecule has 0 bridgehead atoms. The molecule has 0 aliphatic rings. The van der Waals surface area contributed by atoms with Crippen molar-refractivity contribution in [3.63, 3.8) is 0 Å². The maximum atomic E-state index is 11.1. The van der Waals surface area contributed by atoms with Gasteiger partial charge in [-0.05, 0) is 12.8 Å². The molecule has 0 rings (SSSR count). The summed E-state index contributed by atoms with van der Waals surface area (Å²) < 4.78 is 10.4. The topological polar surface area (TPSA) is 37.4 Å². The molecule has 1 amide bonds. The van der Waals surface area contributed by atoms with Crippen molar-refractivity contribution in [2.75, 3.05) is 13.1 Å². The standard InChI is InChI=1S/C9H18NO2P/c1-3-5-7-10(8-6-4-2)9(11)13-12/h3-8H2,1-2H3. The van der Waals surface area contributed by atoms with Crippen molar-refractivity contribution in [2.45, 2.75) is 39.5 Å². The summed E-state index contributed by atoms with van der Waals surface area (Å²) in [4.78, 5) is 12.8. The second-order valence-electron chi connectivity index (χ2n) is 3.07. The highest BCUT2D eigenvalue weighted by Gasteiger charge is 2.11. The van der Waals surface area contributed by atoms with Gasteiger partial charge in [-0.1, -0.05) is 26.7 Å². The van der Waals surface area contributed by atoms with Gasteiger partial charge in [0.25, 0.3) is 8.46 Å². The van der Waals surface area contributed by atoms with E-state index >= 15 is 0 Å². The molecule has 13 heavy (non-hydrogen) atoms. The van der Waals surface area contributed by atoms with Crippen LogP contribution < -0.4 is 0 Å². The van der Waals surface area contributed by atoms with Crippen molar-refractivity contribution in [3.8, 4) is 0 Å². The molecule has 0 aliphatic heterocycles. The lowest BCUT2D eigenvalue weighted by Crippen LogP contribution is -2.28. The van der Waals surface area contributed by atoms with Crippen molar-refractivity contribution in [1.82, 2.24) is 4.90 Å². The molecule has 4 heteroatoms. The number of hydrogen-bond acceptors (Lipinski definition) is 2. The maximum Gasteiger partial charge on any atom is 0.314 e. The number of carbonyl (C=O) groups excluding carboxylic acids is 1. The summed E-state index contributed by atoms with van der Waals surface area (Å²) >= 11 is 0. The van der Waals surface area contributed by atoms with Crippen LogP contribution in [0.2, 0.25) is 0 Å². The summed E-state index contributed by atoms with van der Waals surface area (Å²) in [5, 5.41) is 0. The fraction of sp³-hybridized carbons (Fsp3) is 0.889. The van der Waals surface area contributed by atoms with Gasteiger partial charge in [-0.25, -0.2) is 0 Å². The van der Waals surface area contributed by atoms with Crippen molar-refractivity contribution in [2.24, 2.45) is 0 Å². The molecule has 0 aromatic heterocycles. The van der Waals surface area contributed by atoms with Gasteiger partial charge in [0.1, 0.15) is 0 Å². The molecule has 0 spiro atoms. The Hall–Kier alpha value is -0.430. The molecule has 0 aliphatic carbocycles. The van der Waals surface area contributed by atoms with Crippen molar-refractivity contribution >= 4 is 14.1 Å². The fourth-order valence-corrected chi connectivity index (χ4v) is 1.37. The smallest absolute Gasteiger partial charge is 0.314 e. The normalized spacial score (nSPS) is 10.3. The Bertz CT molecular complexity index is 154. The van der Waals surface area contributed by atoms with Crippen LogP contribution in [-0.2, 0) is 4.57 Å². The predicted molar refractivity (Wildman–Crippen MR) is 54.4 cm³/mol. The van der Waals surface area contributed by atoms with E-state index in [1.54, 1.807) is 4.90 Å². The summed E-state index contributed by atoms with van der Waals surface area (Å²) in [5.74, 6) is 0. The zero-order valence-electron chi connectivity index (χ0n) is 8.45. The first-order valence-corrected chi connectivity index (χ1v) is 5.69. The van der Waals surface area contributed by atoms with E-state index in [0.29, 0.717) is 0 Å². The minimum atomic E-state index is -0.379. The average Bonchev–Trinajstić information content (AvgIpc) is 2.17. The molecule has 76 valence electrons. The van der Waals surface area contributed by atoms with Crippen LogP contribution in [0.3, 0.4) is 0 Å². The zero-order valence-corrected chi connectivity index (χ0v) is 9.35. The van der Waals surface area contributed by atoms with Gasteiger partial charge in [0.15, 0.2) is 0 Å². The first kappa shape index (κ1) is 12.6. The Morgan fingerprint density at radius 2 is 1.62 bits per heavy atom. The van der Waals surface area contributed by atoms with Gasteiger partial charge < -0.3 is 4.90 Å². The molecule has 3 nitrogen and oxygen atoms in total. The summed E-state index contributed by atoms with van der Waals surface area (Å²) in [6.45, 7) is 5.64. The van der Waals surface area contributed by atoms with E-state index in [1.807, 2.05) is 0 Å². The zero-order chi connectivity index (χ0) is 10.1. The molecule has 0 radical (unpaired) electrons. The van der Waals surface area contributed by atoms with E-state index in [-0.39, 0.29) is 14.1 Å². The van der Waals surface area contributed by atoms with Crippen LogP contribution in [-0.4, -0.2) is 23.6 Å². The molecule has 0 atom stereocenters. The second-order valence-corrected chi connectivity index (χ2v) is 3.63. The van der Waals surface area contributed by atoms with Crippen LogP contribution in [0.15, 0.2) is 0 Å². The summed E-state index contributed by atoms with van der Waals surface area (Å²) in [7, 11) is -0.379. The SMILES string of the molecule is CCCCN(CCCC)C(=O)P=O. The highest BCUT2D eigenvalue weighted by molar-refractivity contribution is 7.45. The highest BCUT2D eigenvalue weighted by atomic mass is 31.1. The average molecular weight is 203 g/mol. The van der Waals surface area contributed by atoms with Crippen LogP contribution in [0, 0.1) is 0 Å². The summed E-state index contributed by atoms with van der Waals surface area (Å²) in [5.41, 5.74) is -0.276. The third kappa shape index (κ3) is 5.75. The molecule has 0 aromatic rings. The van der Waals surface area contributed by atoms with Crippen LogP contribution in [0.25, 0.3) is 0 Å². The van der Waals surface area contributed by atoms with Gasteiger partial charge in [0.2, 0.25) is 0 Å². The number of hydrogen-bond donors (Lipinski definition) is 0. The molecule has 0 heterocycles. The maximum absolute atomic E-state index is 11.1. The van der Waals surface area contributed by atoms with E-state index in [2.05, 4.69) is 13.8 Å². The predicted octanol–water partition coefficient (Wildman–Crippen LogP) is 3.30. The third-order valence-electron chi connectivity index (χ3n) is 1.91. The lowest BCUT2D eigenvalue weighted by Gasteiger charge is -2.18. The van der Waals surface area contributed by atoms with Crippen molar-refractivity contribution < 1.29 is 9.36 Å². The van der Waals surface area contributed by atoms with E-state index in [1.165, 1.54) is 0 Å². The molecule has 0 aromatic carbocycles. The van der Waals surface area contributed by atoms with Crippen LogP contribution in [0.5, 0.6) is 0 Å². The lowest BCUT2D eigenvalue weighted by molar-refractivity contribution is 0.220. The Morgan fingerprint density at radius 1 is 1.15 bits per heavy atom. The van der Waals surface area contributed by atoms with Crippen LogP contribution in [0.1, 0.15) is 39.5 Å². The van der Waals surface area contributed by atoms with E-state index < -0.39 is 0 Å². The number of amides is 1. The Morgan fingerprint density at radius 3 is 1.92 bits per heavy atom. The van der Waals surface area contributed by atoms with Gasteiger partial charge >= 0.3 is 5.65 Å². The second kappa shape index (κ2) is 8.18. The quantitative estimate of drug-likeness (QED) is 0.595. The van der Waals surface area contributed by atoms with Crippen molar-refractivity contribution in [1.29, 1.82) is 0 Å². The van der Waals surface area contributed by atoms with Crippen LogP contribution >= 0.6 is 8.46 Å². The van der Waals surface area contributed by atoms with Gasteiger partial charge in [-0.3, -0.25) is 9.36 Å². The number of carbonyl (C=O) groups is 1. The minimum absolute atomic E-state index is 0.276. The molecular weight excluding hydrogens is 185 g/mol. The number of nitrogens with zero attached hydrogens (tertiary/aromatic N) is 1. The largest absolute Gasteiger partial charge is 0.333 e. The molecule has 0 saturated carbocycles. The van der Waals surface area contributed by atoms with Crippen LogP contribution in [0.4, 0.5) is 4.79 Å². The first-order valence-electron chi connectivity index (χ1n) is 4.88. The lowest BCUT2D eigenvalue weighted by atomic mass is 10.3. The van der Waals surface area contributed by atoms with E-state index in [4.69, 9.17) is 0 Å². The fourth-order valence-electron chi connectivity index (χ4n) is 1.06. The first-order chi connectivity index (χ1) is 6.26. The van der Waals surface area contributed by atoms with Gasteiger partial charge in [0.05, 0.1) is 0 Å². The Labute approximate surface area is 81.7 Å². The highest BCUT2D eigenvalue weighted by Crippen LogP contribution is 2.07. The number of unbranched alkanes of at least 4 members (excludes halogenated alkanes) is 2. The van der Waals surface area contributed by atoms with Crippen molar-refractivity contribution in [3.05, 3.63) is 0 Å². The molecular formula is C9H18NO2P. The molecule has 0 saturated heterocycles. The molecule has 0 unspecified atom stereocenters. The minimum Gasteiger partial charge on any atom is -0.333 e.